The molecule has 35 heavy (non-hydrogen) atoms. The van der Waals surface area contributed by atoms with Gasteiger partial charge in [-0.1, -0.05) is 42.5 Å². The minimum absolute atomic E-state index is 0.0749. The zero-order valence-electron chi connectivity index (χ0n) is 19.7. The summed E-state index contributed by atoms with van der Waals surface area (Å²) in [5, 5.41) is 11.0. The van der Waals surface area contributed by atoms with Crippen molar-refractivity contribution in [1.82, 2.24) is 4.98 Å². The van der Waals surface area contributed by atoms with E-state index in [1.165, 1.54) is 12.1 Å². The van der Waals surface area contributed by atoms with Crippen LogP contribution in [-0.4, -0.2) is 33.7 Å². The largest absolute Gasteiger partial charge is 0.466 e. The van der Waals surface area contributed by atoms with Gasteiger partial charge in [-0.3, -0.25) is 14.3 Å². The smallest absolute Gasteiger partial charge is 0.308 e. The number of benzene rings is 2. The van der Waals surface area contributed by atoms with Gasteiger partial charge in [-0.05, 0) is 61.1 Å². The number of nitrogens with zero attached hydrogens (tertiary/aromatic N) is 1. The van der Waals surface area contributed by atoms with Crippen molar-refractivity contribution in [3.63, 3.8) is 0 Å². The summed E-state index contributed by atoms with van der Waals surface area (Å²) < 4.78 is 31.5. The van der Waals surface area contributed by atoms with Crippen molar-refractivity contribution in [3.8, 4) is 22.4 Å². The zero-order chi connectivity index (χ0) is 25.1. The number of hydrogen-bond donors (Lipinski definition) is 2. The van der Waals surface area contributed by atoms with Gasteiger partial charge in [0.1, 0.15) is 5.82 Å². The number of esters is 1. The van der Waals surface area contributed by atoms with E-state index < -0.39 is 38.0 Å². The molecule has 3 aromatic rings. The summed E-state index contributed by atoms with van der Waals surface area (Å²) >= 11 is 0. The van der Waals surface area contributed by atoms with Crippen molar-refractivity contribution in [2.75, 3.05) is 6.61 Å². The number of pyridine rings is 1. The fourth-order valence-electron chi connectivity index (χ4n) is 4.55. The van der Waals surface area contributed by atoms with Gasteiger partial charge in [-0.15, -0.1) is 0 Å². The van der Waals surface area contributed by atoms with E-state index in [9.17, 15) is 23.7 Å². The van der Waals surface area contributed by atoms with Crippen LogP contribution in [0.5, 0.6) is 0 Å². The van der Waals surface area contributed by atoms with Gasteiger partial charge >= 0.3 is 5.97 Å². The third-order valence-corrected chi connectivity index (χ3v) is 7.50. The van der Waals surface area contributed by atoms with Crippen LogP contribution in [0.3, 0.4) is 0 Å². The van der Waals surface area contributed by atoms with E-state index >= 15 is 0 Å². The molecule has 0 radical (unpaired) electrons. The molecule has 0 saturated heterocycles. The first-order chi connectivity index (χ1) is 16.8. The van der Waals surface area contributed by atoms with Crippen LogP contribution >= 0.6 is 8.03 Å². The minimum Gasteiger partial charge on any atom is -0.466 e. The number of halogens is 1. The average molecular weight is 498 g/mol. The van der Waals surface area contributed by atoms with Crippen molar-refractivity contribution in [2.45, 2.75) is 50.8 Å². The van der Waals surface area contributed by atoms with Crippen LogP contribution in [0.15, 0.2) is 54.6 Å². The van der Waals surface area contributed by atoms with Crippen molar-refractivity contribution in [2.24, 2.45) is 0 Å². The van der Waals surface area contributed by atoms with E-state index in [0.717, 1.165) is 29.7 Å². The molecule has 6 nitrogen and oxygen atoms in total. The van der Waals surface area contributed by atoms with Crippen LogP contribution in [-0.2, 0) is 14.1 Å². The number of rotatable bonds is 9. The predicted octanol–water partition coefficient (Wildman–Crippen LogP) is 5.56. The SMILES string of the molecule is CCOC(=O)CC(O)C(c1c(C2CC2)nc(-c2ccccc2)c(C)c1-c1ccc(F)cc1)[PH](=O)O. The number of ether oxygens (including phenoxy) is 1. The second-order valence-electron chi connectivity index (χ2n) is 8.80. The molecule has 1 heterocycles. The van der Waals surface area contributed by atoms with E-state index in [2.05, 4.69) is 0 Å². The Bertz CT molecular complexity index is 1230. The highest BCUT2D eigenvalue weighted by Crippen LogP contribution is 2.53. The number of aliphatic hydroxyl groups excluding tert-OH is 1. The molecule has 0 amide bonds. The maximum absolute atomic E-state index is 13.8. The number of carbonyl (C=O) groups is 1. The molecule has 0 spiro atoms. The normalized spacial score (nSPS) is 15.9. The molecule has 1 aliphatic carbocycles. The van der Waals surface area contributed by atoms with Gasteiger partial charge in [0.15, 0.2) is 8.03 Å². The molecule has 1 fully saturated rings. The molecule has 4 rings (SSSR count). The van der Waals surface area contributed by atoms with E-state index in [4.69, 9.17) is 9.72 Å². The van der Waals surface area contributed by atoms with Gasteiger partial charge in [-0.25, -0.2) is 4.39 Å². The Morgan fingerprint density at radius 3 is 2.37 bits per heavy atom. The first kappa shape index (κ1) is 25.2. The topological polar surface area (TPSA) is 96.7 Å². The van der Waals surface area contributed by atoms with Crippen molar-refractivity contribution >= 4 is 14.0 Å². The number of aromatic nitrogens is 1. The van der Waals surface area contributed by atoms with E-state index in [0.29, 0.717) is 22.4 Å². The molecule has 1 saturated carbocycles. The Kier molecular flexibility index (Phi) is 7.80. The van der Waals surface area contributed by atoms with Crippen LogP contribution in [0.25, 0.3) is 22.4 Å². The van der Waals surface area contributed by atoms with Gasteiger partial charge < -0.3 is 14.7 Å². The highest BCUT2D eigenvalue weighted by molar-refractivity contribution is 7.38. The third kappa shape index (κ3) is 5.53. The molecule has 8 heteroatoms. The van der Waals surface area contributed by atoms with Crippen LogP contribution in [0.4, 0.5) is 4.39 Å². The molecule has 184 valence electrons. The van der Waals surface area contributed by atoms with Crippen LogP contribution in [0.2, 0.25) is 0 Å². The molecular weight excluding hydrogens is 468 g/mol. The van der Waals surface area contributed by atoms with Crippen molar-refractivity contribution < 1.29 is 28.5 Å². The van der Waals surface area contributed by atoms with E-state index in [-0.39, 0.29) is 12.5 Å². The molecule has 1 aromatic heterocycles. The Balaban J connectivity index is 1.99. The number of hydrogen-bond acceptors (Lipinski definition) is 5. The fourth-order valence-corrected chi connectivity index (χ4v) is 5.54. The molecular formula is C27H29FNO5P. The Labute approximate surface area is 204 Å². The number of aliphatic hydroxyl groups is 1. The molecule has 2 N–H and O–H groups in total. The lowest BCUT2D eigenvalue weighted by Crippen LogP contribution is -2.24. The molecule has 3 unspecified atom stereocenters. The quantitative estimate of drug-likeness (QED) is 0.297. The van der Waals surface area contributed by atoms with Gasteiger partial charge in [0.25, 0.3) is 0 Å². The highest BCUT2D eigenvalue weighted by Gasteiger charge is 2.39. The third-order valence-electron chi connectivity index (χ3n) is 6.29. The highest BCUT2D eigenvalue weighted by atomic mass is 31.1. The minimum atomic E-state index is -3.36. The number of carbonyl (C=O) groups excluding carboxylic acids is 1. The molecule has 0 aliphatic heterocycles. The van der Waals surface area contributed by atoms with Gasteiger partial charge in [0.2, 0.25) is 0 Å². The first-order valence-corrected chi connectivity index (χ1v) is 13.2. The van der Waals surface area contributed by atoms with Gasteiger partial charge in [-0.2, -0.15) is 0 Å². The lowest BCUT2D eigenvalue weighted by molar-refractivity contribution is -0.145. The average Bonchev–Trinajstić information content (AvgIpc) is 3.66. The Hall–Kier alpha value is -2.86. The van der Waals surface area contributed by atoms with Crippen LogP contribution in [0, 0.1) is 12.7 Å². The standard InChI is InChI=1S/C27H29FNO5P/c1-3-34-22(31)15-21(30)27(35(32)33)24-23(17-11-13-20(28)14-12-17)16(2)25(18-7-5-4-6-8-18)29-26(24)19-9-10-19/h4-8,11-14,19,21,27,30,35H,3,9-10,15H2,1-2H3,(H,32,33). The lowest BCUT2D eigenvalue weighted by atomic mass is 9.87. The summed E-state index contributed by atoms with van der Waals surface area (Å²) in [5.41, 5.74) is 3.54. The lowest BCUT2D eigenvalue weighted by Gasteiger charge is -2.28. The Morgan fingerprint density at radius 1 is 1.14 bits per heavy atom. The maximum atomic E-state index is 13.8. The summed E-state index contributed by atoms with van der Waals surface area (Å²) in [7, 11) is -3.36. The molecule has 3 atom stereocenters. The maximum Gasteiger partial charge on any atom is 0.308 e. The van der Waals surface area contributed by atoms with Gasteiger partial charge in [0.05, 0.1) is 30.5 Å². The summed E-state index contributed by atoms with van der Waals surface area (Å²) in [6.07, 6.45) is -0.117. The Morgan fingerprint density at radius 2 is 1.80 bits per heavy atom. The van der Waals surface area contributed by atoms with Crippen molar-refractivity contribution in [1.29, 1.82) is 0 Å². The van der Waals surface area contributed by atoms with Crippen LogP contribution < -0.4 is 0 Å². The molecule has 0 bridgehead atoms. The fraction of sp³-hybridized carbons (Fsp3) is 0.333. The second kappa shape index (κ2) is 10.8. The van der Waals surface area contributed by atoms with Crippen molar-refractivity contribution in [3.05, 3.63) is 77.2 Å². The van der Waals surface area contributed by atoms with Gasteiger partial charge in [0, 0.05) is 17.2 Å². The monoisotopic (exact) mass is 497 g/mol. The van der Waals surface area contributed by atoms with E-state index in [1.54, 1.807) is 19.1 Å². The second-order valence-corrected chi connectivity index (χ2v) is 10.1. The summed E-state index contributed by atoms with van der Waals surface area (Å²) in [5.74, 6) is -0.969. The zero-order valence-corrected chi connectivity index (χ0v) is 20.7. The molecule has 2 aromatic carbocycles. The summed E-state index contributed by atoms with van der Waals surface area (Å²) in [6, 6.07) is 15.5. The first-order valence-electron chi connectivity index (χ1n) is 11.7. The predicted molar refractivity (Wildman–Crippen MR) is 133 cm³/mol. The van der Waals surface area contributed by atoms with E-state index in [1.807, 2.05) is 37.3 Å². The summed E-state index contributed by atoms with van der Waals surface area (Å²) in [4.78, 5) is 27.5. The molecule has 1 aliphatic rings. The van der Waals surface area contributed by atoms with Crippen LogP contribution in [0.1, 0.15) is 54.6 Å². The summed E-state index contributed by atoms with van der Waals surface area (Å²) in [6.45, 7) is 3.67.